The summed E-state index contributed by atoms with van der Waals surface area (Å²) in [5.74, 6) is 0.702. The maximum Gasteiger partial charge on any atom is 0.251 e. The van der Waals surface area contributed by atoms with Gasteiger partial charge < -0.3 is 26.0 Å². The molecule has 4 rings (SSSR count). The number of amides is 1. The third kappa shape index (κ3) is 5.00. The highest BCUT2D eigenvalue weighted by molar-refractivity contribution is 6.03. The van der Waals surface area contributed by atoms with Gasteiger partial charge in [0.15, 0.2) is 5.84 Å². The SMILES string of the molecule is C=CNc1cnc(N2CCOCC2)nc1C(N)=Nc1cc(C(=O)NC2CC2)ccc1C. The molecule has 2 aliphatic rings. The number of carbonyl (C=O) groups is 1. The highest BCUT2D eigenvalue weighted by Gasteiger charge is 2.24. The molecule has 1 aliphatic carbocycles. The van der Waals surface area contributed by atoms with Crippen molar-refractivity contribution in [2.75, 3.05) is 36.5 Å². The number of aryl methyl sites for hydroxylation is 1. The smallest absolute Gasteiger partial charge is 0.251 e. The number of ether oxygens (including phenoxy) is 1. The van der Waals surface area contributed by atoms with Crippen molar-refractivity contribution in [1.29, 1.82) is 0 Å². The molecule has 1 amide bonds. The molecule has 162 valence electrons. The molecule has 9 nitrogen and oxygen atoms in total. The van der Waals surface area contributed by atoms with Crippen molar-refractivity contribution in [2.45, 2.75) is 25.8 Å². The second-order valence-electron chi connectivity index (χ2n) is 7.63. The van der Waals surface area contributed by atoms with E-state index in [9.17, 15) is 4.79 Å². The van der Waals surface area contributed by atoms with Crippen molar-refractivity contribution in [3.63, 3.8) is 0 Å². The Morgan fingerprint density at radius 3 is 2.84 bits per heavy atom. The van der Waals surface area contributed by atoms with Crippen molar-refractivity contribution < 1.29 is 9.53 Å². The second kappa shape index (κ2) is 9.13. The minimum atomic E-state index is -0.0943. The first-order valence-corrected chi connectivity index (χ1v) is 10.4. The summed E-state index contributed by atoms with van der Waals surface area (Å²) in [6, 6.07) is 5.72. The predicted octanol–water partition coefficient (Wildman–Crippen LogP) is 2.11. The Bertz CT molecular complexity index is 1010. The van der Waals surface area contributed by atoms with Crippen LogP contribution in [0.1, 0.15) is 34.5 Å². The highest BCUT2D eigenvalue weighted by atomic mass is 16.5. The molecule has 1 saturated heterocycles. The van der Waals surface area contributed by atoms with Crippen molar-refractivity contribution in [3.8, 4) is 0 Å². The summed E-state index contributed by atoms with van der Waals surface area (Å²) in [5, 5.41) is 6.01. The number of nitrogens with zero attached hydrogens (tertiary/aromatic N) is 4. The monoisotopic (exact) mass is 421 g/mol. The fourth-order valence-corrected chi connectivity index (χ4v) is 3.25. The molecular formula is C22H27N7O2. The number of carbonyl (C=O) groups excluding carboxylic acids is 1. The van der Waals surface area contributed by atoms with Crippen LogP contribution in [0.3, 0.4) is 0 Å². The number of hydrogen-bond acceptors (Lipinski definition) is 7. The summed E-state index contributed by atoms with van der Waals surface area (Å²) in [5.41, 5.74) is 9.56. The zero-order valence-electron chi connectivity index (χ0n) is 17.6. The van der Waals surface area contributed by atoms with Crippen LogP contribution in [-0.2, 0) is 4.74 Å². The zero-order chi connectivity index (χ0) is 21.8. The number of anilines is 2. The third-order valence-corrected chi connectivity index (χ3v) is 5.19. The molecule has 1 aromatic carbocycles. The van der Waals surface area contributed by atoms with Crippen molar-refractivity contribution in [1.82, 2.24) is 15.3 Å². The second-order valence-corrected chi connectivity index (χ2v) is 7.63. The topological polar surface area (TPSA) is 118 Å². The molecule has 1 saturated carbocycles. The Morgan fingerprint density at radius 2 is 2.13 bits per heavy atom. The number of nitrogens with one attached hydrogen (secondary N) is 2. The van der Waals surface area contributed by atoms with E-state index >= 15 is 0 Å². The average molecular weight is 422 g/mol. The van der Waals surface area contributed by atoms with E-state index in [4.69, 9.17) is 10.5 Å². The lowest BCUT2D eigenvalue weighted by molar-refractivity contribution is 0.0951. The fourth-order valence-electron chi connectivity index (χ4n) is 3.25. The summed E-state index contributed by atoms with van der Waals surface area (Å²) in [6.07, 6.45) is 5.28. The van der Waals surface area contributed by atoms with Crippen LogP contribution in [0.2, 0.25) is 0 Å². The fraction of sp³-hybridized carbons (Fsp3) is 0.364. The Morgan fingerprint density at radius 1 is 1.35 bits per heavy atom. The Balaban J connectivity index is 1.66. The van der Waals surface area contributed by atoms with E-state index in [1.54, 1.807) is 18.3 Å². The predicted molar refractivity (Wildman–Crippen MR) is 121 cm³/mol. The van der Waals surface area contributed by atoms with Crippen LogP contribution in [0.4, 0.5) is 17.3 Å². The van der Waals surface area contributed by atoms with E-state index < -0.39 is 0 Å². The lowest BCUT2D eigenvalue weighted by Crippen LogP contribution is -2.37. The maximum atomic E-state index is 12.4. The van der Waals surface area contributed by atoms with Gasteiger partial charge in [-0.05, 0) is 43.7 Å². The van der Waals surface area contributed by atoms with E-state index in [2.05, 4.69) is 32.2 Å². The number of benzene rings is 1. The molecule has 0 radical (unpaired) electrons. The van der Waals surface area contributed by atoms with Crippen LogP contribution in [0.25, 0.3) is 0 Å². The van der Waals surface area contributed by atoms with Gasteiger partial charge in [0.25, 0.3) is 5.91 Å². The molecule has 31 heavy (non-hydrogen) atoms. The van der Waals surface area contributed by atoms with Crippen molar-refractivity contribution in [3.05, 3.63) is 54.0 Å². The molecule has 9 heteroatoms. The number of nitrogens with two attached hydrogens (primary N) is 1. The molecule has 2 aromatic rings. The van der Waals surface area contributed by atoms with Crippen LogP contribution in [-0.4, -0.2) is 54.1 Å². The summed E-state index contributed by atoms with van der Waals surface area (Å²) in [4.78, 5) is 28.2. The van der Waals surface area contributed by atoms with Gasteiger partial charge in [-0.25, -0.2) is 15.0 Å². The Labute approximate surface area is 181 Å². The van der Waals surface area contributed by atoms with Crippen LogP contribution < -0.4 is 21.3 Å². The van der Waals surface area contributed by atoms with Gasteiger partial charge in [-0.3, -0.25) is 4.79 Å². The van der Waals surface area contributed by atoms with E-state index in [-0.39, 0.29) is 17.8 Å². The standard InChI is InChI=1S/C22H27N7O2/c1-3-24-18-13-25-22(29-8-10-31-11-9-29)28-19(18)20(23)27-17-12-15(5-4-14(17)2)21(30)26-16-6-7-16/h3-5,12-13,16,24H,1,6-11H2,2H3,(H2,23,27)(H,26,30). The first kappa shape index (κ1) is 20.8. The van der Waals surface area contributed by atoms with Gasteiger partial charge in [0, 0.05) is 24.7 Å². The van der Waals surface area contributed by atoms with Gasteiger partial charge in [-0.15, -0.1) is 0 Å². The number of morpholine rings is 1. The van der Waals surface area contributed by atoms with Crippen molar-refractivity contribution >= 4 is 29.1 Å². The Hall–Kier alpha value is -3.46. The molecule has 2 fully saturated rings. The molecular weight excluding hydrogens is 394 g/mol. The van der Waals surface area contributed by atoms with Crippen LogP contribution >= 0.6 is 0 Å². The van der Waals surface area contributed by atoms with Crippen LogP contribution in [0, 0.1) is 6.92 Å². The third-order valence-electron chi connectivity index (χ3n) is 5.19. The lowest BCUT2D eigenvalue weighted by Gasteiger charge is -2.27. The minimum absolute atomic E-state index is 0.0943. The quantitative estimate of drug-likeness (QED) is 0.463. The van der Waals surface area contributed by atoms with E-state index in [1.165, 1.54) is 6.20 Å². The molecule has 2 heterocycles. The molecule has 0 unspecified atom stereocenters. The van der Waals surface area contributed by atoms with Gasteiger partial charge >= 0.3 is 0 Å². The largest absolute Gasteiger partial charge is 0.382 e. The number of aromatic nitrogens is 2. The summed E-state index contributed by atoms with van der Waals surface area (Å²) >= 11 is 0. The number of aliphatic imine (C=N–C) groups is 1. The first-order valence-electron chi connectivity index (χ1n) is 10.4. The van der Waals surface area contributed by atoms with Gasteiger partial charge in [-0.2, -0.15) is 0 Å². The first-order chi connectivity index (χ1) is 15.0. The van der Waals surface area contributed by atoms with Crippen LogP contribution in [0.15, 0.2) is 42.2 Å². The number of rotatable bonds is 7. The normalized spacial score (nSPS) is 16.7. The lowest BCUT2D eigenvalue weighted by atomic mass is 10.1. The maximum absolute atomic E-state index is 12.4. The average Bonchev–Trinajstić information content (AvgIpc) is 3.60. The zero-order valence-corrected chi connectivity index (χ0v) is 17.6. The molecule has 4 N–H and O–H groups in total. The Kier molecular flexibility index (Phi) is 6.13. The van der Waals surface area contributed by atoms with Gasteiger partial charge in [0.05, 0.1) is 30.8 Å². The molecule has 0 atom stereocenters. The van der Waals surface area contributed by atoms with E-state index in [0.717, 1.165) is 18.4 Å². The molecule has 0 spiro atoms. The summed E-state index contributed by atoms with van der Waals surface area (Å²) in [7, 11) is 0. The molecule has 0 bridgehead atoms. The minimum Gasteiger partial charge on any atom is -0.382 e. The van der Waals surface area contributed by atoms with Gasteiger partial charge in [0.1, 0.15) is 5.69 Å². The van der Waals surface area contributed by atoms with Crippen LogP contribution in [0.5, 0.6) is 0 Å². The van der Waals surface area contributed by atoms with Crippen molar-refractivity contribution in [2.24, 2.45) is 10.7 Å². The summed E-state index contributed by atoms with van der Waals surface area (Å²) < 4.78 is 5.41. The van der Waals surface area contributed by atoms with E-state index in [1.807, 2.05) is 17.9 Å². The highest BCUT2D eigenvalue weighted by Crippen LogP contribution is 2.24. The molecule has 1 aromatic heterocycles. The van der Waals surface area contributed by atoms with Gasteiger partial charge in [0.2, 0.25) is 5.95 Å². The summed E-state index contributed by atoms with van der Waals surface area (Å²) in [6.45, 7) is 8.31. The van der Waals surface area contributed by atoms with Gasteiger partial charge in [-0.1, -0.05) is 12.6 Å². The number of hydrogen-bond donors (Lipinski definition) is 3. The number of amidine groups is 1. The molecule has 1 aliphatic heterocycles. The van der Waals surface area contributed by atoms with E-state index in [0.29, 0.717) is 54.9 Å².